The summed E-state index contributed by atoms with van der Waals surface area (Å²) in [4.78, 5) is 18.1. The Labute approximate surface area is 111 Å². The zero-order valence-electron chi connectivity index (χ0n) is 10.6. The van der Waals surface area contributed by atoms with Crippen LogP contribution in [-0.4, -0.2) is 39.6 Å². The highest BCUT2D eigenvalue weighted by molar-refractivity contribution is 7.07. The molecule has 0 radical (unpaired) electrons. The fourth-order valence-corrected chi connectivity index (χ4v) is 3.77. The third kappa shape index (κ3) is 1.68. The van der Waals surface area contributed by atoms with Crippen LogP contribution in [0.5, 0.6) is 0 Å². The van der Waals surface area contributed by atoms with Gasteiger partial charge in [-0.25, -0.2) is 4.98 Å². The molecule has 1 aromatic heterocycles. The molecular formula is C13H18N2O2S. The van der Waals surface area contributed by atoms with E-state index in [0.717, 1.165) is 38.8 Å². The molecule has 5 heteroatoms. The van der Waals surface area contributed by atoms with Gasteiger partial charge in [-0.15, -0.1) is 11.3 Å². The summed E-state index contributed by atoms with van der Waals surface area (Å²) in [6.45, 7) is 3.42. The lowest BCUT2D eigenvalue weighted by Crippen LogP contribution is -2.60. The van der Waals surface area contributed by atoms with Crippen LogP contribution in [0.1, 0.15) is 43.1 Å². The number of amides is 1. The number of hydrogen-bond donors (Lipinski definition) is 1. The van der Waals surface area contributed by atoms with Crippen LogP contribution in [-0.2, 0) is 0 Å². The number of likely N-dealkylation sites (tertiary alicyclic amines) is 1. The van der Waals surface area contributed by atoms with E-state index in [9.17, 15) is 9.90 Å². The average Bonchev–Trinajstić information content (AvgIpc) is 2.90. The number of aromatic nitrogens is 1. The van der Waals surface area contributed by atoms with Crippen molar-refractivity contribution in [2.24, 2.45) is 5.41 Å². The maximum absolute atomic E-state index is 12.1. The highest BCUT2D eigenvalue weighted by atomic mass is 32.1. The molecule has 1 aliphatic heterocycles. The van der Waals surface area contributed by atoms with E-state index in [0.29, 0.717) is 5.69 Å². The molecule has 1 amide bonds. The molecule has 1 aromatic rings. The Hall–Kier alpha value is -0.940. The first kappa shape index (κ1) is 12.1. The molecule has 18 heavy (non-hydrogen) atoms. The summed E-state index contributed by atoms with van der Waals surface area (Å²) in [6, 6.07) is 0. The summed E-state index contributed by atoms with van der Waals surface area (Å²) in [5.41, 5.74) is 1.78. The van der Waals surface area contributed by atoms with Crippen LogP contribution in [0.25, 0.3) is 0 Å². The van der Waals surface area contributed by atoms with Crippen molar-refractivity contribution >= 4 is 17.2 Å². The molecule has 1 saturated carbocycles. The van der Waals surface area contributed by atoms with E-state index in [4.69, 9.17) is 0 Å². The molecule has 3 rings (SSSR count). The van der Waals surface area contributed by atoms with Gasteiger partial charge in [0.25, 0.3) is 5.91 Å². The van der Waals surface area contributed by atoms with E-state index in [1.165, 1.54) is 11.3 Å². The minimum absolute atomic E-state index is 0.0325. The number of carbonyl (C=O) groups is 1. The standard InChI is InChI=1S/C13H18N2O2S/c1-12(17)2-3-13(12)4-6-15(7-5-13)11(16)10-8-18-9-14-10/h8-9,17H,2-7H2,1H3. The van der Waals surface area contributed by atoms with E-state index in [2.05, 4.69) is 4.98 Å². The van der Waals surface area contributed by atoms with E-state index in [-0.39, 0.29) is 11.3 Å². The van der Waals surface area contributed by atoms with Gasteiger partial charge in [0.05, 0.1) is 11.1 Å². The summed E-state index contributed by atoms with van der Waals surface area (Å²) >= 11 is 1.45. The summed E-state index contributed by atoms with van der Waals surface area (Å²) < 4.78 is 0. The molecule has 4 nitrogen and oxygen atoms in total. The number of piperidine rings is 1. The number of thiazole rings is 1. The van der Waals surface area contributed by atoms with Crippen molar-refractivity contribution in [1.29, 1.82) is 0 Å². The highest BCUT2D eigenvalue weighted by Crippen LogP contribution is 2.56. The van der Waals surface area contributed by atoms with Crippen LogP contribution in [0.15, 0.2) is 10.9 Å². The fourth-order valence-electron chi connectivity index (χ4n) is 3.25. The van der Waals surface area contributed by atoms with Crippen molar-refractivity contribution in [3.8, 4) is 0 Å². The van der Waals surface area contributed by atoms with Crippen LogP contribution in [0.2, 0.25) is 0 Å². The number of hydrogen-bond acceptors (Lipinski definition) is 4. The van der Waals surface area contributed by atoms with Gasteiger partial charge >= 0.3 is 0 Å². The Balaban J connectivity index is 1.66. The van der Waals surface area contributed by atoms with E-state index in [1.807, 2.05) is 11.8 Å². The molecule has 98 valence electrons. The van der Waals surface area contributed by atoms with Crippen LogP contribution in [0.4, 0.5) is 0 Å². The summed E-state index contributed by atoms with van der Waals surface area (Å²) in [7, 11) is 0. The summed E-state index contributed by atoms with van der Waals surface area (Å²) in [5.74, 6) is 0.0325. The van der Waals surface area contributed by atoms with Crippen molar-refractivity contribution in [2.45, 2.75) is 38.2 Å². The first-order valence-corrected chi connectivity index (χ1v) is 7.38. The van der Waals surface area contributed by atoms with Crippen LogP contribution in [0, 0.1) is 5.41 Å². The second-order valence-electron chi connectivity index (χ2n) is 5.72. The molecular weight excluding hydrogens is 248 g/mol. The zero-order valence-corrected chi connectivity index (χ0v) is 11.4. The number of aliphatic hydroxyl groups is 1. The van der Waals surface area contributed by atoms with Crippen molar-refractivity contribution in [2.75, 3.05) is 13.1 Å². The normalized spacial score (nSPS) is 30.2. The molecule has 0 bridgehead atoms. The third-order valence-electron chi connectivity index (χ3n) is 4.89. The monoisotopic (exact) mass is 266 g/mol. The van der Waals surface area contributed by atoms with Crippen LogP contribution < -0.4 is 0 Å². The smallest absolute Gasteiger partial charge is 0.273 e. The van der Waals surface area contributed by atoms with Gasteiger partial charge in [-0.3, -0.25) is 4.79 Å². The Morgan fingerprint density at radius 1 is 1.39 bits per heavy atom. The number of rotatable bonds is 1. The van der Waals surface area contributed by atoms with Crippen molar-refractivity contribution in [3.63, 3.8) is 0 Å². The molecule has 1 spiro atoms. The Morgan fingerprint density at radius 2 is 2.11 bits per heavy atom. The second-order valence-corrected chi connectivity index (χ2v) is 6.44. The SMILES string of the molecule is CC1(O)CCC12CCN(C(=O)c1cscn1)CC2. The Morgan fingerprint density at radius 3 is 2.56 bits per heavy atom. The minimum atomic E-state index is -0.525. The Bertz CT molecular complexity index is 448. The Kier molecular flexibility index (Phi) is 2.71. The molecule has 1 saturated heterocycles. The third-order valence-corrected chi connectivity index (χ3v) is 5.48. The number of nitrogens with zero attached hydrogens (tertiary/aromatic N) is 2. The van der Waals surface area contributed by atoms with Gasteiger partial charge in [0.2, 0.25) is 0 Å². The average molecular weight is 266 g/mol. The van der Waals surface area contributed by atoms with E-state index in [1.54, 1.807) is 10.9 Å². The first-order chi connectivity index (χ1) is 8.54. The van der Waals surface area contributed by atoms with Crippen molar-refractivity contribution in [3.05, 3.63) is 16.6 Å². The lowest BCUT2D eigenvalue weighted by Gasteiger charge is -2.58. The maximum Gasteiger partial charge on any atom is 0.273 e. The topological polar surface area (TPSA) is 53.4 Å². The van der Waals surface area contributed by atoms with E-state index < -0.39 is 5.60 Å². The molecule has 2 fully saturated rings. The maximum atomic E-state index is 12.1. The van der Waals surface area contributed by atoms with Gasteiger partial charge in [-0.2, -0.15) is 0 Å². The van der Waals surface area contributed by atoms with Gasteiger partial charge in [0.15, 0.2) is 0 Å². The molecule has 1 aliphatic carbocycles. The molecule has 1 unspecified atom stereocenters. The first-order valence-electron chi connectivity index (χ1n) is 6.44. The molecule has 1 N–H and O–H groups in total. The molecule has 2 aliphatic rings. The van der Waals surface area contributed by atoms with E-state index >= 15 is 0 Å². The van der Waals surface area contributed by atoms with Crippen LogP contribution >= 0.6 is 11.3 Å². The van der Waals surface area contributed by atoms with Gasteiger partial charge in [0, 0.05) is 23.9 Å². The fraction of sp³-hybridized carbons (Fsp3) is 0.692. The number of carbonyl (C=O) groups excluding carboxylic acids is 1. The van der Waals surface area contributed by atoms with Gasteiger partial charge in [0.1, 0.15) is 5.69 Å². The predicted octanol–water partition coefficient (Wildman–Crippen LogP) is 1.91. The molecule has 0 aromatic carbocycles. The molecule has 2 heterocycles. The van der Waals surface area contributed by atoms with Crippen molar-refractivity contribution < 1.29 is 9.90 Å². The molecule has 1 atom stereocenters. The summed E-state index contributed by atoms with van der Waals surface area (Å²) in [5, 5.41) is 12.1. The second kappa shape index (κ2) is 4.03. The predicted molar refractivity (Wildman–Crippen MR) is 69.5 cm³/mol. The van der Waals surface area contributed by atoms with Gasteiger partial charge in [-0.05, 0) is 32.6 Å². The van der Waals surface area contributed by atoms with Crippen LogP contribution in [0.3, 0.4) is 0 Å². The zero-order chi connectivity index (χ0) is 12.8. The quantitative estimate of drug-likeness (QED) is 0.845. The van der Waals surface area contributed by atoms with Crippen molar-refractivity contribution in [1.82, 2.24) is 9.88 Å². The van der Waals surface area contributed by atoms with Gasteiger partial charge < -0.3 is 10.0 Å². The largest absolute Gasteiger partial charge is 0.390 e. The summed E-state index contributed by atoms with van der Waals surface area (Å²) in [6.07, 6.45) is 3.82. The lowest BCUT2D eigenvalue weighted by atomic mass is 9.53. The highest BCUT2D eigenvalue weighted by Gasteiger charge is 2.55. The minimum Gasteiger partial charge on any atom is -0.390 e. The van der Waals surface area contributed by atoms with Gasteiger partial charge in [-0.1, -0.05) is 0 Å². The lowest BCUT2D eigenvalue weighted by molar-refractivity contribution is -0.174.